The molecule has 1 aliphatic carbocycles. The molecular formula is C22H34NO4PS. The van der Waals surface area contributed by atoms with E-state index in [0.717, 1.165) is 37.7 Å². The third-order valence-corrected chi connectivity index (χ3v) is 8.80. The van der Waals surface area contributed by atoms with Gasteiger partial charge in [0.1, 0.15) is 0 Å². The highest BCUT2D eigenvalue weighted by atomic mass is 32.2. The van der Waals surface area contributed by atoms with Gasteiger partial charge in [-0.1, -0.05) is 31.4 Å². The molecule has 162 valence electrons. The summed E-state index contributed by atoms with van der Waals surface area (Å²) in [5, 5.41) is 11.2. The maximum atomic E-state index is 12.3. The topological polar surface area (TPSA) is 77.8 Å². The van der Waals surface area contributed by atoms with E-state index in [0.29, 0.717) is 29.9 Å². The van der Waals surface area contributed by atoms with E-state index in [2.05, 4.69) is 0 Å². The molecule has 1 heterocycles. The van der Waals surface area contributed by atoms with Gasteiger partial charge in [0.2, 0.25) is 13.3 Å². The smallest absolute Gasteiger partial charge is 0.233 e. The Hall–Kier alpha value is -0.810. The number of nitrogens with zero attached hydrogens (tertiary/aromatic N) is 1. The molecule has 3 unspecified atom stereocenters. The number of benzene rings is 1. The van der Waals surface area contributed by atoms with E-state index in [1.54, 1.807) is 23.9 Å². The summed E-state index contributed by atoms with van der Waals surface area (Å²) in [5.41, 5.74) is 1.15. The van der Waals surface area contributed by atoms with E-state index in [1.807, 2.05) is 17.0 Å². The summed E-state index contributed by atoms with van der Waals surface area (Å²) in [7, 11) is -3.19. The number of hydrogen-bond acceptors (Lipinski definition) is 4. The predicted octanol–water partition coefficient (Wildman–Crippen LogP) is 3.77. The lowest BCUT2D eigenvalue weighted by molar-refractivity contribution is -0.128. The molecule has 5 nitrogen and oxygen atoms in total. The van der Waals surface area contributed by atoms with Crippen molar-refractivity contribution in [3.63, 3.8) is 0 Å². The van der Waals surface area contributed by atoms with Crippen LogP contribution >= 0.6 is 19.1 Å². The Morgan fingerprint density at radius 2 is 1.90 bits per heavy atom. The van der Waals surface area contributed by atoms with Gasteiger partial charge in [-0.15, -0.1) is 11.8 Å². The van der Waals surface area contributed by atoms with Crippen molar-refractivity contribution in [1.82, 2.24) is 4.90 Å². The molecule has 0 radical (unpaired) electrons. The first-order chi connectivity index (χ1) is 13.8. The summed E-state index contributed by atoms with van der Waals surface area (Å²) in [5.74, 6) is 1.15. The van der Waals surface area contributed by atoms with Gasteiger partial charge in [-0.3, -0.25) is 9.36 Å². The minimum absolute atomic E-state index is 0.196. The van der Waals surface area contributed by atoms with Crippen LogP contribution in [-0.4, -0.2) is 51.2 Å². The number of rotatable bonds is 9. The fourth-order valence-corrected chi connectivity index (χ4v) is 6.39. The van der Waals surface area contributed by atoms with Crippen LogP contribution in [0.4, 0.5) is 0 Å². The molecule has 1 amide bonds. The minimum Gasteiger partial charge on any atom is -0.393 e. The zero-order chi connectivity index (χ0) is 20.9. The van der Waals surface area contributed by atoms with Gasteiger partial charge in [-0.2, -0.15) is 0 Å². The zero-order valence-electron chi connectivity index (χ0n) is 17.3. The van der Waals surface area contributed by atoms with Crippen LogP contribution in [0, 0.1) is 5.92 Å². The lowest BCUT2D eigenvalue weighted by Gasteiger charge is -2.29. The van der Waals surface area contributed by atoms with Gasteiger partial charge in [0, 0.05) is 18.5 Å². The SMILES string of the molecule is CP(=O)(O)c1ccc(CCCC2SCC(=O)N2CCC(O)C2CCCCC2)cc1. The Labute approximate surface area is 178 Å². The summed E-state index contributed by atoms with van der Waals surface area (Å²) in [6.45, 7) is 2.02. The molecule has 0 bridgehead atoms. The number of aryl methyl sites for hydroxylation is 1. The molecule has 2 aliphatic rings. The molecule has 7 heteroatoms. The van der Waals surface area contributed by atoms with Crippen molar-refractivity contribution in [3.8, 4) is 0 Å². The van der Waals surface area contributed by atoms with Crippen LogP contribution in [0.25, 0.3) is 0 Å². The summed E-state index contributed by atoms with van der Waals surface area (Å²) in [4.78, 5) is 23.9. The number of carbonyl (C=O) groups is 1. The van der Waals surface area contributed by atoms with Crippen LogP contribution in [0.1, 0.15) is 56.9 Å². The zero-order valence-corrected chi connectivity index (χ0v) is 19.0. The molecule has 2 N–H and O–H groups in total. The Morgan fingerprint density at radius 3 is 2.55 bits per heavy atom. The van der Waals surface area contributed by atoms with E-state index in [4.69, 9.17) is 0 Å². The van der Waals surface area contributed by atoms with E-state index in [1.165, 1.54) is 25.9 Å². The Bertz CT molecular complexity index is 714. The van der Waals surface area contributed by atoms with Crippen molar-refractivity contribution in [1.29, 1.82) is 0 Å². The highest BCUT2D eigenvalue weighted by Gasteiger charge is 2.32. The van der Waals surface area contributed by atoms with Crippen LogP contribution in [0.3, 0.4) is 0 Å². The van der Waals surface area contributed by atoms with Crippen molar-refractivity contribution in [2.45, 2.75) is 69.3 Å². The number of amides is 1. The number of hydrogen-bond donors (Lipinski definition) is 2. The van der Waals surface area contributed by atoms with Gasteiger partial charge in [-0.25, -0.2) is 0 Å². The summed E-state index contributed by atoms with van der Waals surface area (Å²) < 4.78 is 11.7. The Kier molecular flexibility index (Phi) is 8.26. The van der Waals surface area contributed by atoms with E-state index >= 15 is 0 Å². The minimum atomic E-state index is -3.19. The first-order valence-electron chi connectivity index (χ1n) is 10.8. The highest BCUT2D eigenvalue weighted by Crippen LogP contribution is 2.34. The average Bonchev–Trinajstić information content (AvgIpc) is 3.06. The summed E-state index contributed by atoms with van der Waals surface area (Å²) in [6.07, 6.45) is 9.17. The quantitative estimate of drug-likeness (QED) is 0.573. The molecule has 1 aromatic carbocycles. The fourth-order valence-electron chi connectivity index (χ4n) is 4.45. The van der Waals surface area contributed by atoms with Crippen molar-refractivity contribution in [2.24, 2.45) is 5.92 Å². The third-order valence-electron chi connectivity index (χ3n) is 6.26. The molecular weight excluding hydrogens is 405 g/mol. The van der Waals surface area contributed by atoms with Gasteiger partial charge in [-0.05, 0) is 62.1 Å². The standard InChI is InChI=1S/C22H34NO4PS/c1-28(26,27)19-12-10-17(11-13-19)6-5-9-22-23(21(25)16-29-22)15-14-20(24)18-7-3-2-4-8-18/h10-13,18,20,22,24H,2-9,14-16H2,1H3,(H,26,27). The summed E-state index contributed by atoms with van der Waals surface area (Å²) in [6, 6.07) is 7.33. The van der Waals surface area contributed by atoms with Crippen LogP contribution in [0.15, 0.2) is 24.3 Å². The molecule has 1 saturated heterocycles. The molecule has 3 rings (SSSR count). The van der Waals surface area contributed by atoms with Gasteiger partial charge < -0.3 is 14.9 Å². The van der Waals surface area contributed by atoms with E-state index in [-0.39, 0.29) is 17.4 Å². The second kappa shape index (κ2) is 10.5. The average molecular weight is 440 g/mol. The molecule has 0 spiro atoms. The van der Waals surface area contributed by atoms with Gasteiger partial charge in [0.25, 0.3) is 0 Å². The Morgan fingerprint density at radius 1 is 1.21 bits per heavy atom. The van der Waals surface area contributed by atoms with E-state index < -0.39 is 7.37 Å². The van der Waals surface area contributed by atoms with Gasteiger partial charge in [0.15, 0.2) is 0 Å². The van der Waals surface area contributed by atoms with E-state index in [9.17, 15) is 19.4 Å². The second-order valence-corrected chi connectivity index (χ2v) is 12.0. The van der Waals surface area contributed by atoms with Crippen molar-refractivity contribution in [2.75, 3.05) is 19.0 Å². The maximum Gasteiger partial charge on any atom is 0.233 e. The first-order valence-corrected chi connectivity index (χ1v) is 14.0. The molecule has 29 heavy (non-hydrogen) atoms. The Balaban J connectivity index is 1.44. The van der Waals surface area contributed by atoms with Crippen LogP contribution in [0.2, 0.25) is 0 Å². The highest BCUT2D eigenvalue weighted by molar-refractivity contribution is 8.00. The number of aliphatic hydroxyl groups excluding tert-OH is 1. The molecule has 1 saturated carbocycles. The molecule has 1 aliphatic heterocycles. The third kappa shape index (κ3) is 6.58. The normalized spacial score (nSPS) is 23.9. The van der Waals surface area contributed by atoms with Crippen molar-refractivity contribution >= 4 is 30.3 Å². The first kappa shape index (κ1) is 22.9. The number of thioether (sulfide) groups is 1. The molecule has 2 fully saturated rings. The van der Waals surface area contributed by atoms with Crippen molar-refractivity contribution < 1.29 is 19.4 Å². The van der Waals surface area contributed by atoms with Gasteiger partial charge >= 0.3 is 0 Å². The van der Waals surface area contributed by atoms with Gasteiger partial charge in [0.05, 0.1) is 17.2 Å². The number of carbonyl (C=O) groups excluding carboxylic acids is 1. The van der Waals surface area contributed by atoms with Crippen LogP contribution in [0.5, 0.6) is 0 Å². The number of aliphatic hydroxyl groups is 1. The lowest BCUT2D eigenvalue weighted by atomic mass is 9.84. The predicted molar refractivity (Wildman–Crippen MR) is 120 cm³/mol. The molecule has 1 aromatic rings. The monoisotopic (exact) mass is 439 g/mol. The van der Waals surface area contributed by atoms with Crippen molar-refractivity contribution in [3.05, 3.63) is 29.8 Å². The largest absolute Gasteiger partial charge is 0.393 e. The lowest BCUT2D eigenvalue weighted by Crippen LogP contribution is -2.36. The summed E-state index contributed by atoms with van der Waals surface area (Å²) >= 11 is 1.71. The second-order valence-electron chi connectivity index (χ2n) is 8.54. The molecule has 3 atom stereocenters. The fraction of sp³-hybridized carbons (Fsp3) is 0.682. The van der Waals surface area contributed by atoms with Crippen LogP contribution in [-0.2, 0) is 15.8 Å². The maximum absolute atomic E-state index is 12.3. The van der Waals surface area contributed by atoms with Crippen LogP contribution < -0.4 is 5.30 Å². The molecule has 0 aromatic heterocycles.